The van der Waals surface area contributed by atoms with Crippen molar-refractivity contribution in [1.82, 2.24) is 10.9 Å². The summed E-state index contributed by atoms with van der Waals surface area (Å²) < 4.78 is 32.8. The molecule has 0 aliphatic carbocycles. The Morgan fingerprint density at radius 1 is 1.00 bits per heavy atom. The molecule has 12 heteroatoms. The van der Waals surface area contributed by atoms with Crippen LogP contribution in [-0.4, -0.2) is 20.2 Å². The van der Waals surface area contributed by atoms with E-state index >= 15 is 0 Å². The van der Waals surface area contributed by atoms with Gasteiger partial charge in [-0.3, -0.25) is 25.2 Å². The van der Waals surface area contributed by atoms with Crippen LogP contribution in [0.3, 0.4) is 0 Å². The van der Waals surface area contributed by atoms with Crippen LogP contribution in [0.15, 0.2) is 45.7 Å². The van der Waals surface area contributed by atoms with Crippen LogP contribution in [0.5, 0.6) is 0 Å². The smallest absolute Gasteiger partial charge is 0.273 e. The molecule has 0 radical (unpaired) electrons. The summed E-state index contributed by atoms with van der Waals surface area (Å²) in [6.07, 6.45) is 0. The minimum absolute atomic E-state index is 0.0438. The highest BCUT2D eigenvalue weighted by Crippen LogP contribution is 2.35. The molecule has 1 aromatic carbocycles. The number of halogens is 2. The van der Waals surface area contributed by atoms with Crippen LogP contribution < -0.4 is 15.6 Å². The zero-order valence-electron chi connectivity index (χ0n) is 15.6. The number of sulfonamides is 1. The Kier molecular flexibility index (Phi) is 6.41. The average Bonchev–Trinajstić information content (AvgIpc) is 3.20. The number of hydrogen-bond acceptors (Lipinski definition) is 6. The van der Waals surface area contributed by atoms with E-state index in [0.717, 1.165) is 11.3 Å². The number of anilines is 1. The van der Waals surface area contributed by atoms with Gasteiger partial charge in [0.15, 0.2) is 0 Å². The zero-order valence-corrected chi connectivity index (χ0v) is 18.7. The second-order valence-electron chi connectivity index (χ2n) is 6.11. The van der Waals surface area contributed by atoms with Crippen LogP contribution >= 0.6 is 34.5 Å². The van der Waals surface area contributed by atoms with E-state index in [1.807, 2.05) is 0 Å². The van der Waals surface area contributed by atoms with Gasteiger partial charge in [0, 0.05) is 11.3 Å². The van der Waals surface area contributed by atoms with Gasteiger partial charge >= 0.3 is 0 Å². The summed E-state index contributed by atoms with van der Waals surface area (Å²) in [6.45, 7) is 3.35. The maximum Gasteiger partial charge on any atom is 0.273 e. The van der Waals surface area contributed by atoms with Crippen LogP contribution in [0.2, 0.25) is 8.67 Å². The molecule has 2 aromatic heterocycles. The molecule has 2 amide bonds. The molecule has 0 fully saturated rings. The zero-order chi connectivity index (χ0) is 22.1. The number of carbonyl (C=O) groups is 2. The van der Waals surface area contributed by atoms with E-state index < -0.39 is 21.8 Å². The summed E-state index contributed by atoms with van der Waals surface area (Å²) in [5.74, 6) is -0.0902. The van der Waals surface area contributed by atoms with Crippen LogP contribution in [0.25, 0.3) is 0 Å². The van der Waals surface area contributed by atoms with E-state index in [0.29, 0.717) is 17.1 Å². The Morgan fingerprint density at radius 3 is 2.17 bits per heavy atom. The lowest BCUT2D eigenvalue weighted by Crippen LogP contribution is -2.41. The van der Waals surface area contributed by atoms with Gasteiger partial charge in [0.2, 0.25) is 0 Å². The van der Waals surface area contributed by atoms with Crippen LogP contribution in [0, 0.1) is 13.8 Å². The molecule has 0 aliphatic rings. The molecule has 30 heavy (non-hydrogen) atoms. The van der Waals surface area contributed by atoms with Crippen LogP contribution in [-0.2, 0) is 10.0 Å². The number of aryl methyl sites for hydroxylation is 2. The molecule has 3 rings (SSSR count). The van der Waals surface area contributed by atoms with Crippen molar-refractivity contribution >= 4 is 62.1 Å². The first-order valence-electron chi connectivity index (χ1n) is 8.32. The minimum Gasteiger partial charge on any atom is -0.466 e. The first-order chi connectivity index (χ1) is 14.1. The first kappa shape index (κ1) is 22.2. The SMILES string of the molecule is Cc1cc(C(=O)NNC(=O)c2ccc(NS(=O)(=O)c3cc(Cl)sc3Cl)cc2)c(C)o1. The van der Waals surface area contributed by atoms with Gasteiger partial charge in [-0.25, -0.2) is 8.42 Å². The van der Waals surface area contributed by atoms with Gasteiger partial charge < -0.3 is 4.42 Å². The first-order valence-corrected chi connectivity index (χ1v) is 11.4. The van der Waals surface area contributed by atoms with Crippen LogP contribution in [0.4, 0.5) is 5.69 Å². The van der Waals surface area contributed by atoms with E-state index in [1.165, 1.54) is 30.3 Å². The molecule has 3 aromatic rings. The predicted molar refractivity (Wildman–Crippen MR) is 115 cm³/mol. The van der Waals surface area contributed by atoms with Crippen molar-refractivity contribution in [1.29, 1.82) is 0 Å². The number of hydrazine groups is 1. The molecule has 0 atom stereocenters. The van der Waals surface area contributed by atoms with Crippen LogP contribution in [0.1, 0.15) is 32.2 Å². The van der Waals surface area contributed by atoms with Crippen molar-refractivity contribution in [3.05, 3.63) is 67.7 Å². The molecule has 8 nitrogen and oxygen atoms in total. The number of hydrogen-bond donors (Lipinski definition) is 3. The standard InChI is InChI=1S/C18H15Cl2N3O5S2/c1-9-7-13(10(2)28-9)18(25)22-21-17(24)11-3-5-12(6-4-11)23-30(26,27)14-8-15(19)29-16(14)20/h3-8,23H,1-2H3,(H,21,24)(H,22,25). The lowest BCUT2D eigenvalue weighted by molar-refractivity contribution is 0.0845. The summed E-state index contributed by atoms with van der Waals surface area (Å²) in [6, 6.07) is 8.42. The number of amides is 2. The Bertz CT molecular complexity index is 1220. The van der Waals surface area contributed by atoms with E-state index in [2.05, 4.69) is 15.6 Å². The minimum atomic E-state index is -3.93. The molecule has 0 bridgehead atoms. The van der Waals surface area contributed by atoms with Gasteiger partial charge in [0.25, 0.3) is 21.8 Å². The fourth-order valence-electron chi connectivity index (χ4n) is 2.52. The van der Waals surface area contributed by atoms with Gasteiger partial charge in [-0.2, -0.15) is 0 Å². The van der Waals surface area contributed by atoms with Crippen molar-refractivity contribution in [2.24, 2.45) is 0 Å². The molecule has 0 saturated heterocycles. The topological polar surface area (TPSA) is 118 Å². The quantitative estimate of drug-likeness (QED) is 0.467. The van der Waals surface area contributed by atoms with Gasteiger partial charge in [-0.05, 0) is 50.2 Å². The summed E-state index contributed by atoms with van der Waals surface area (Å²) in [5.41, 5.74) is 5.32. The number of furan rings is 1. The summed E-state index contributed by atoms with van der Waals surface area (Å²) in [4.78, 5) is 24.2. The summed E-state index contributed by atoms with van der Waals surface area (Å²) in [5, 5.41) is 0. The third kappa shape index (κ3) is 4.96. The molecule has 3 N–H and O–H groups in total. The number of thiophene rings is 1. The fraction of sp³-hybridized carbons (Fsp3) is 0.111. The number of rotatable bonds is 5. The molecule has 0 saturated carbocycles. The Morgan fingerprint density at radius 2 is 1.63 bits per heavy atom. The Balaban J connectivity index is 1.63. The predicted octanol–water partition coefficient (Wildman–Crippen LogP) is 4.14. The van der Waals surface area contributed by atoms with Crippen molar-refractivity contribution in [3.63, 3.8) is 0 Å². The second kappa shape index (κ2) is 8.68. The Hall–Kier alpha value is -2.53. The van der Waals surface area contributed by atoms with E-state index in [1.54, 1.807) is 19.9 Å². The maximum absolute atomic E-state index is 12.4. The largest absolute Gasteiger partial charge is 0.466 e. The molecule has 158 valence electrons. The fourth-order valence-corrected chi connectivity index (χ4v) is 5.73. The van der Waals surface area contributed by atoms with E-state index in [9.17, 15) is 18.0 Å². The van der Waals surface area contributed by atoms with Crippen molar-refractivity contribution in [2.75, 3.05) is 4.72 Å². The Labute approximate surface area is 186 Å². The van der Waals surface area contributed by atoms with Gasteiger partial charge in [0.05, 0.1) is 9.90 Å². The monoisotopic (exact) mass is 487 g/mol. The normalized spacial score (nSPS) is 11.2. The highest BCUT2D eigenvalue weighted by molar-refractivity contribution is 7.93. The molecule has 0 spiro atoms. The van der Waals surface area contributed by atoms with Crippen molar-refractivity contribution in [2.45, 2.75) is 18.7 Å². The highest BCUT2D eigenvalue weighted by Gasteiger charge is 2.21. The third-order valence-corrected chi connectivity index (χ3v) is 7.02. The van der Waals surface area contributed by atoms with Gasteiger partial charge in [-0.15, -0.1) is 11.3 Å². The summed E-state index contributed by atoms with van der Waals surface area (Å²) >= 11 is 12.6. The summed E-state index contributed by atoms with van der Waals surface area (Å²) in [7, 11) is -3.93. The highest BCUT2D eigenvalue weighted by atomic mass is 35.5. The van der Waals surface area contributed by atoms with Crippen molar-refractivity contribution in [3.8, 4) is 0 Å². The number of carbonyl (C=O) groups excluding carboxylic acids is 2. The second-order valence-corrected chi connectivity index (χ2v) is 10.0. The molecule has 2 heterocycles. The third-order valence-electron chi connectivity index (χ3n) is 3.89. The van der Waals surface area contributed by atoms with E-state index in [4.69, 9.17) is 27.6 Å². The van der Waals surface area contributed by atoms with E-state index in [-0.39, 0.29) is 24.8 Å². The maximum atomic E-state index is 12.4. The molecular weight excluding hydrogens is 473 g/mol. The molecule has 0 aliphatic heterocycles. The van der Waals surface area contributed by atoms with Gasteiger partial charge in [0.1, 0.15) is 20.8 Å². The van der Waals surface area contributed by atoms with Crippen molar-refractivity contribution < 1.29 is 22.4 Å². The van der Waals surface area contributed by atoms with Gasteiger partial charge in [-0.1, -0.05) is 23.2 Å². The number of nitrogens with one attached hydrogen (secondary N) is 3. The average molecular weight is 488 g/mol. The molecule has 0 unspecified atom stereocenters. The lowest BCUT2D eigenvalue weighted by atomic mass is 10.2. The molecular formula is C18H15Cl2N3O5S2. The number of benzene rings is 1. The lowest BCUT2D eigenvalue weighted by Gasteiger charge is -2.09.